The first kappa shape index (κ1) is 14.4. The van der Waals surface area contributed by atoms with E-state index in [9.17, 15) is 14.5 Å². The number of rotatable bonds is 4. The van der Waals surface area contributed by atoms with E-state index in [4.69, 9.17) is 15.9 Å². The number of amidine groups is 1. The van der Waals surface area contributed by atoms with Gasteiger partial charge in [0.05, 0.1) is 10.6 Å². The molecule has 0 aliphatic heterocycles. The van der Waals surface area contributed by atoms with E-state index < -0.39 is 22.2 Å². The highest BCUT2D eigenvalue weighted by atomic mass is 19.1. The molecule has 0 radical (unpaired) electrons. The molecule has 0 bridgehead atoms. The minimum absolute atomic E-state index is 0.0341. The number of nitro benzene ring substituents is 1. The maximum absolute atomic E-state index is 13.8. The Labute approximate surface area is 118 Å². The van der Waals surface area contributed by atoms with Crippen LogP contribution in [0.15, 0.2) is 18.2 Å². The second-order valence-corrected chi connectivity index (χ2v) is 4.25. The molecule has 0 spiro atoms. The molecule has 3 N–H and O–H groups in total. The highest BCUT2D eigenvalue weighted by Crippen LogP contribution is 2.35. The second kappa shape index (κ2) is 5.19. The van der Waals surface area contributed by atoms with Crippen molar-refractivity contribution in [1.29, 1.82) is 5.41 Å². The van der Waals surface area contributed by atoms with Crippen molar-refractivity contribution < 1.29 is 14.1 Å². The van der Waals surface area contributed by atoms with Crippen molar-refractivity contribution in [2.45, 2.75) is 6.92 Å². The van der Waals surface area contributed by atoms with E-state index in [1.807, 2.05) is 0 Å². The van der Waals surface area contributed by atoms with Crippen LogP contribution in [-0.4, -0.2) is 20.5 Å². The fourth-order valence-electron chi connectivity index (χ4n) is 1.90. The summed E-state index contributed by atoms with van der Waals surface area (Å²) < 4.78 is 20.4. The Morgan fingerprint density at radius 1 is 1.57 bits per heavy atom. The number of nitro groups is 1. The Balaban J connectivity index is 2.59. The first-order valence-corrected chi connectivity index (χ1v) is 5.81. The Morgan fingerprint density at radius 3 is 2.81 bits per heavy atom. The SMILES string of the molecule is Cc1nn(C)c(Oc2c(F)cccc2[N+](=O)[O-])c1C(=N)N. The maximum atomic E-state index is 13.8. The molecule has 0 unspecified atom stereocenters. The summed E-state index contributed by atoms with van der Waals surface area (Å²) in [7, 11) is 1.50. The van der Waals surface area contributed by atoms with Gasteiger partial charge in [0.1, 0.15) is 11.4 Å². The number of hydrogen-bond acceptors (Lipinski definition) is 5. The first-order chi connectivity index (χ1) is 9.82. The Hall–Kier alpha value is -2.97. The van der Waals surface area contributed by atoms with E-state index in [1.54, 1.807) is 6.92 Å². The lowest BCUT2D eigenvalue weighted by molar-refractivity contribution is -0.385. The summed E-state index contributed by atoms with van der Waals surface area (Å²) in [5.74, 6) is -1.80. The molecule has 21 heavy (non-hydrogen) atoms. The molecule has 0 saturated carbocycles. The van der Waals surface area contributed by atoms with Gasteiger partial charge in [0, 0.05) is 13.1 Å². The van der Waals surface area contributed by atoms with Crippen LogP contribution in [0.25, 0.3) is 0 Å². The number of ether oxygens (including phenoxy) is 1. The molecule has 9 heteroatoms. The number of para-hydroxylation sites is 1. The zero-order valence-electron chi connectivity index (χ0n) is 11.3. The number of benzene rings is 1. The van der Waals surface area contributed by atoms with Crippen LogP contribution in [0.2, 0.25) is 0 Å². The van der Waals surface area contributed by atoms with Crippen molar-refractivity contribution in [1.82, 2.24) is 9.78 Å². The molecule has 0 aliphatic carbocycles. The monoisotopic (exact) mass is 293 g/mol. The van der Waals surface area contributed by atoms with Gasteiger partial charge in [-0.15, -0.1) is 0 Å². The molecule has 110 valence electrons. The third-order valence-electron chi connectivity index (χ3n) is 2.78. The molecule has 0 atom stereocenters. The van der Waals surface area contributed by atoms with Crippen molar-refractivity contribution in [3.63, 3.8) is 0 Å². The van der Waals surface area contributed by atoms with Gasteiger partial charge in [0.2, 0.25) is 11.6 Å². The Kier molecular flexibility index (Phi) is 3.57. The van der Waals surface area contributed by atoms with Gasteiger partial charge in [-0.1, -0.05) is 6.07 Å². The van der Waals surface area contributed by atoms with Crippen LogP contribution >= 0.6 is 0 Å². The minimum atomic E-state index is -0.891. The number of nitrogens with zero attached hydrogens (tertiary/aromatic N) is 3. The predicted molar refractivity (Wildman–Crippen MR) is 72.1 cm³/mol. The number of aryl methyl sites for hydroxylation is 2. The number of nitrogen functional groups attached to an aromatic ring is 1. The maximum Gasteiger partial charge on any atom is 0.314 e. The third-order valence-corrected chi connectivity index (χ3v) is 2.78. The molecule has 2 rings (SSSR count). The number of nitrogens with one attached hydrogen (secondary N) is 1. The van der Waals surface area contributed by atoms with E-state index in [0.29, 0.717) is 5.69 Å². The second-order valence-electron chi connectivity index (χ2n) is 4.25. The van der Waals surface area contributed by atoms with Crippen LogP contribution in [0.1, 0.15) is 11.3 Å². The van der Waals surface area contributed by atoms with Crippen LogP contribution < -0.4 is 10.5 Å². The summed E-state index contributed by atoms with van der Waals surface area (Å²) in [5.41, 5.74) is 5.48. The molecule has 8 nitrogen and oxygen atoms in total. The highest BCUT2D eigenvalue weighted by molar-refractivity contribution is 5.98. The number of hydrogen-bond donors (Lipinski definition) is 2. The van der Waals surface area contributed by atoms with Gasteiger partial charge < -0.3 is 10.5 Å². The average Bonchev–Trinajstić information content (AvgIpc) is 2.66. The first-order valence-electron chi connectivity index (χ1n) is 5.81. The molecule has 0 amide bonds. The van der Waals surface area contributed by atoms with Crippen LogP contribution in [-0.2, 0) is 7.05 Å². The topological polar surface area (TPSA) is 120 Å². The van der Waals surface area contributed by atoms with E-state index in [0.717, 1.165) is 12.1 Å². The van der Waals surface area contributed by atoms with Gasteiger partial charge in [0.25, 0.3) is 0 Å². The lowest BCUT2D eigenvalue weighted by Gasteiger charge is -2.09. The lowest BCUT2D eigenvalue weighted by Crippen LogP contribution is -2.13. The van der Waals surface area contributed by atoms with Crippen LogP contribution in [0.3, 0.4) is 0 Å². The Morgan fingerprint density at radius 2 is 2.24 bits per heavy atom. The van der Waals surface area contributed by atoms with Gasteiger partial charge in [-0.3, -0.25) is 15.5 Å². The predicted octanol–water partition coefficient (Wildman–Crippen LogP) is 1.85. The number of halogens is 1. The van der Waals surface area contributed by atoms with Crippen molar-refractivity contribution in [3.8, 4) is 11.6 Å². The third kappa shape index (κ3) is 2.53. The highest BCUT2D eigenvalue weighted by Gasteiger charge is 2.25. The van der Waals surface area contributed by atoms with E-state index in [2.05, 4.69) is 5.10 Å². The number of nitrogens with two attached hydrogens (primary N) is 1. The van der Waals surface area contributed by atoms with Gasteiger partial charge in [-0.05, 0) is 13.0 Å². The molecule has 0 aliphatic rings. The summed E-state index contributed by atoms with van der Waals surface area (Å²) >= 11 is 0. The largest absolute Gasteiger partial charge is 0.428 e. The minimum Gasteiger partial charge on any atom is -0.428 e. The molecule has 0 saturated heterocycles. The fraction of sp³-hybridized carbons (Fsp3) is 0.167. The number of aromatic nitrogens is 2. The molecule has 2 aromatic rings. The molecule has 1 heterocycles. The lowest BCUT2D eigenvalue weighted by atomic mass is 10.2. The summed E-state index contributed by atoms with van der Waals surface area (Å²) in [6.07, 6.45) is 0. The standard InChI is InChI=1S/C12H12FN5O3/c1-6-9(11(14)15)12(17(2)16-6)21-10-7(13)4-3-5-8(10)18(19)20/h3-5H,1-2H3,(H3,14,15). The normalized spacial score (nSPS) is 10.4. The van der Waals surface area contributed by atoms with Gasteiger partial charge in [-0.2, -0.15) is 5.10 Å². The van der Waals surface area contributed by atoms with E-state index in [-0.39, 0.29) is 17.3 Å². The quantitative estimate of drug-likeness (QED) is 0.386. The summed E-state index contributed by atoms with van der Waals surface area (Å²) in [6.45, 7) is 1.60. The van der Waals surface area contributed by atoms with Crippen molar-refractivity contribution in [3.05, 3.63) is 45.4 Å². The molecule has 0 fully saturated rings. The van der Waals surface area contributed by atoms with Crippen LogP contribution in [0, 0.1) is 28.3 Å². The van der Waals surface area contributed by atoms with E-state index >= 15 is 0 Å². The van der Waals surface area contributed by atoms with Crippen molar-refractivity contribution in [2.75, 3.05) is 0 Å². The van der Waals surface area contributed by atoms with Crippen LogP contribution in [0.5, 0.6) is 11.6 Å². The van der Waals surface area contributed by atoms with Gasteiger partial charge in [0.15, 0.2) is 5.82 Å². The van der Waals surface area contributed by atoms with Crippen molar-refractivity contribution in [2.24, 2.45) is 12.8 Å². The van der Waals surface area contributed by atoms with Crippen LogP contribution in [0.4, 0.5) is 10.1 Å². The van der Waals surface area contributed by atoms with Gasteiger partial charge in [-0.25, -0.2) is 9.07 Å². The summed E-state index contributed by atoms with van der Waals surface area (Å²) in [4.78, 5) is 10.2. The molecule has 1 aromatic heterocycles. The van der Waals surface area contributed by atoms with Crippen molar-refractivity contribution >= 4 is 11.5 Å². The van der Waals surface area contributed by atoms with E-state index in [1.165, 1.54) is 17.8 Å². The summed E-state index contributed by atoms with van der Waals surface area (Å²) in [5, 5.41) is 22.5. The summed E-state index contributed by atoms with van der Waals surface area (Å²) in [6, 6.07) is 3.37. The fourth-order valence-corrected chi connectivity index (χ4v) is 1.90. The van der Waals surface area contributed by atoms with Gasteiger partial charge >= 0.3 is 5.69 Å². The molecule has 1 aromatic carbocycles. The zero-order valence-corrected chi connectivity index (χ0v) is 11.3. The molecular weight excluding hydrogens is 281 g/mol. The zero-order chi connectivity index (χ0) is 15.7. The average molecular weight is 293 g/mol. The molecular formula is C12H12FN5O3. The smallest absolute Gasteiger partial charge is 0.314 e. The Bertz CT molecular complexity index is 741.